The van der Waals surface area contributed by atoms with Crippen LogP contribution in [0.5, 0.6) is 0 Å². The van der Waals surface area contributed by atoms with Crippen LogP contribution in [0.3, 0.4) is 0 Å². The molecule has 3 rings (SSSR count). The molecule has 1 saturated carbocycles. The topological polar surface area (TPSA) is 20.3 Å². The number of benzene rings is 1. The van der Waals surface area contributed by atoms with Gasteiger partial charge in [-0.25, -0.2) is 4.39 Å². The second kappa shape index (κ2) is 4.34. The molecule has 2 nitrogen and oxygen atoms in total. The van der Waals surface area contributed by atoms with Crippen molar-refractivity contribution < 1.29 is 9.18 Å². The highest BCUT2D eigenvalue weighted by atomic mass is 79.9. The summed E-state index contributed by atoms with van der Waals surface area (Å²) < 4.78 is 14.3. The smallest absolute Gasteiger partial charge is 0.257 e. The van der Waals surface area contributed by atoms with Crippen molar-refractivity contribution in [3.8, 4) is 0 Å². The second-order valence-electron chi connectivity index (χ2n) is 5.39. The molecule has 0 aromatic heterocycles. The fraction of sp³-hybridized carbons (Fsp3) is 0.500. The Morgan fingerprint density at radius 2 is 1.89 bits per heavy atom. The van der Waals surface area contributed by atoms with E-state index in [0.29, 0.717) is 9.89 Å². The van der Waals surface area contributed by atoms with Crippen LogP contribution in [0.4, 0.5) is 4.39 Å². The minimum atomic E-state index is -0.443. The minimum absolute atomic E-state index is 0.171. The van der Waals surface area contributed by atoms with Crippen LogP contribution in [0.1, 0.15) is 36.0 Å². The number of hydrogen-bond donors (Lipinski definition) is 0. The van der Waals surface area contributed by atoms with E-state index in [1.54, 1.807) is 17.0 Å². The summed E-state index contributed by atoms with van der Waals surface area (Å²) in [4.78, 5) is 14.1. The van der Waals surface area contributed by atoms with E-state index < -0.39 is 5.82 Å². The van der Waals surface area contributed by atoms with Gasteiger partial charge in [0.05, 0.1) is 5.56 Å². The fourth-order valence-electron chi connectivity index (χ4n) is 2.72. The molecule has 2 aliphatic rings. The number of piperidine rings is 1. The lowest BCUT2D eigenvalue weighted by Crippen LogP contribution is -2.39. The largest absolute Gasteiger partial charge is 0.338 e. The molecule has 0 N–H and O–H groups in total. The maximum atomic E-state index is 13.7. The van der Waals surface area contributed by atoms with Gasteiger partial charge in [0.2, 0.25) is 0 Å². The molecule has 4 heteroatoms. The van der Waals surface area contributed by atoms with Crippen molar-refractivity contribution in [1.82, 2.24) is 4.90 Å². The molecular formula is C14H15BrFNO. The van der Waals surface area contributed by atoms with Crippen LogP contribution >= 0.6 is 15.9 Å². The van der Waals surface area contributed by atoms with Crippen molar-refractivity contribution in [2.24, 2.45) is 5.41 Å². The van der Waals surface area contributed by atoms with E-state index in [2.05, 4.69) is 15.9 Å². The monoisotopic (exact) mass is 311 g/mol. The first-order chi connectivity index (χ1) is 8.61. The highest BCUT2D eigenvalue weighted by Crippen LogP contribution is 2.53. The summed E-state index contributed by atoms with van der Waals surface area (Å²) in [7, 11) is 0. The highest BCUT2D eigenvalue weighted by Gasteiger charge is 2.45. The van der Waals surface area contributed by atoms with Crippen molar-refractivity contribution in [3.63, 3.8) is 0 Å². The molecule has 1 aliphatic carbocycles. The van der Waals surface area contributed by atoms with E-state index in [1.807, 2.05) is 0 Å². The van der Waals surface area contributed by atoms with Crippen molar-refractivity contribution in [2.75, 3.05) is 13.1 Å². The van der Waals surface area contributed by atoms with E-state index in [0.717, 1.165) is 25.9 Å². The lowest BCUT2D eigenvalue weighted by atomic mass is 9.93. The normalized spacial score (nSPS) is 21.1. The number of amides is 1. The number of likely N-dealkylation sites (tertiary alicyclic amines) is 1. The summed E-state index contributed by atoms with van der Waals surface area (Å²) in [6.07, 6.45) is 4.76. The number of hydrogen-bond acceptors (Lipinski definition) is 1. The molecule has 96 valence electrons. The van der Waals surface area contributed by atoms with Crippen molar-refractivity contribution in [1.29, 1.82) is 0 Å². The Balaban J connectivity index is 1.78. The molecule has 2 fully saturated rings. The SMILES string of the molecule is O=C(c1c(F)cccc1Br)N1CCC2(CC1)CC2. The molecule has 1 amide bonds. The van der Waals surface area contributed by atoms with Crippen LogP contribution in [0.25, 0.3) is 0 Å². The molecule has 18 heavy (non-hydrogen) atoms. The van der Waals surface area contributed by atoms with Gasteiger partial charge in [-0.15, -0.1) is 0 Å². The van der Waals surface area contributed by atoms with E-state index in [-0.39, 0.29) is 11.5 Å². The number of carbonyl (C=O) groups excluding carboxylic acids is 1. The summed E-state index contributed by atoms with van der Waals surface area (Å²) in [6, 6.07) is 4.65. The maximum absolute atomic E-state index is 13.7. The average Bonchev–Trinajstić information content (AvgIpc) is 3.09. The Kier molecular flexibility index (Phi) is 2.93. The van der Waals surface area contributed by atoms with E-state index in [1.165, 1.54) is 18.9 Å². The lowest BCUT2D eigenvalue weighted by Gasteiger charge is -2.32. The third-order valence-electron chi connectivity index (χ3n) is 4.25. The summed E-state index contributed by atoms with van der Waals surface area (Å²) in [5.41, 5.74) is 0.702. The maximum Gasteiger partial charge on any atom is 0.257 e. The predicted molar refractivity (Wildman–Crippen MR) is 70.9 cm³/mol. The van der Waals surface area contributed by atoms with Gasteiger partial charge in [0, 0.05) is 17.6 Å². The van der Waals surface area contributed by atoms with Crippen LogP contribution in [-0.4, -0.2) is 23.9 Å². The zero-order valence-corrected chi connectivity index (χ0v) is 11.7. The Morgan fingerprint density at radius 1 is 1.22 bits per heavy atom. The number of nitrogens with zero attached hydrogens (tertiary/aromatic N) is 1. The molecule has 1 aromatic carbocycles. The van der Waals surface area contributed by atoms with Gasteiger partial charge in [0.1, 0.15) is 5.82 Å². The molecule has 0 atom stereocenters. The number of carbonyl (C=O) groups is 1. The van der Waals surface area contributed by atoms with Gasteiger partial charge in [-0.05, 0) is 59.2 Å². The molecule has 0 bridgehead atoms. The van der Waals surface area contributed by atoms with Crippen LogP contribution in [0.2, 0.25) is 0 Å². The standard InChI is InChI=1S/C14H15BrFNO/c15-10-2-1-3-11(16)12(10)13(18)17-8-6-14(4-5-14)7-9-17/h1-3H,4-9H2. The second-order valence-corrected chi connectivity index (χ2v) is 6.24. The Labute approximate surface area is 114 Å². The zero-order chi connectivity index (χ0) is 12.8. The first kappa shape index (κ1) is 12.2. The molecule has 0 radical (unpaired) electrons. The molecule has 1 aliphatic heterocycles. The Hall–Kier alpha value is -0.900. The Bertz CT molecular complexity index is 468. The van der Waals surface area contributed by atoms with Crippen LogP contribution in [0.15, 0.2) is 22.7 Å². The van der Waals surface area contributed by atoms with Gasteiger partial charge in [-0.3, -0.25) is 4.79 Å². The van der Waals surface area contributed by atoms with Gasteiger partial charge in [0.15, 0.2) is 0 Å². The van der Waals surface area contributed by atoms with Crippen LogP contribution in [-0.2, 0) is 0 Å². The third kappa shape index (κ3) is 2.07. The van der Waals surface area contributed by atoms with Crippen molar-refractivity contribution in [2.45, 2.75) is 25.7 Å². The van der Waals surface area contributed by atoms with E-state index in [9.17, 15) is 9.18 Å². The van der Waals surface area contributed by atoms with Crippen molar-refractivity contribution >= 4 is 21.8 Å². The van der Waals surface area contributed by atoms with Gasteiger partial charge in [-0.2, -0.15) is 0 Å². The first-order valence-corrected chi connectivity index (χ1v) is 7.14. The van der Waals surface area contributed by atoms with Gasteiger partial charge < -0.3 is 4.90 Å². The number of rotatable bonds is 1. The van der Waals surface area contributed by atoms with Gasteiger partial charge in [0.25, 0.3) is 5.91 Å². The van der Waals surface area contributed by atoms with Crippen LogP contribution < -0.4 is 0 Å². The summed E-state index contributed by atoms with van der Waals surface area (Å²) in [6.45, 7) is 1.53. The summed E-state index contributed by atoms with van der Waals surface area (Å²) >= 11 is 3.26. The minimum Gasteiger partial charge on any atom is -0.338 e. The fourth-order valence-corrected chi connectivity index (χ4v) is 3.23. The van der Waals surface area contributed by atoms with Crippen LogP contribution in [0, 0.1) is 11.2 Å². The quantitative estimate of drug-likeness (QED) is 0.776. The van der Waals surface area contributed by atoms with Gasteiger partial charge in [-0.1, -0.05) is 6.07 Å². The average molecular weight is 312 g/mol. The van der Waals surface area contributed by atoms with Gasteiger partial charge >= 0.3 is 0 Å². The molecule has 1 spiro atoms. The molecule has 1 heterocycles. The highest BCUT2D eigenvalue weighted by molar-refractivity contribution is 9.10. The molecule has 1 saturated heterocycles. The zero-order valence-electron chi connectivity index (χ0n) is 10.1. The number of halogens is 2. The summed E-state index contributed by atoms with van der Waals surface area (Å²) in [5, 5.41) is 0. The molecular weight excluding hydrogens is 297 g/mol. The predicted octanol–water partition coefficient (Wildman–Crippen LogP) is 3.60. The molecule has 1 aromatic rings. The van der Waals surface area contributed by atoms with E-state index >= 15 is 0 Å². The van der Waals surface area contributed by atoms with Crippen molar-refractivity contribution in [3.05, 3.63) is 34.1 Å². The Morgan fingerprint density at radius 3 is 2.44 bits per heavy atom. The lowest BCUT2D eigenvalue weighted by molar-refractivity contribution is 0.0673. The molecule has 0 unspecified atom stereocenters. The van der Waals surface area contributed by atoms with E-state index in [4.69, 9.17) is 0 Å². The first-order valence-electron chi connectivity index (χ1n) is 6.35. The summed E-state index contributed by atoms with van der Waals surface area (Å²) in [5.74, 6) is -0.628. The third-order valence-corrected chi connectivity index (χ3v) is 4.91.